The summed E-state index contributed by atoms with van der Waals surface area (Å²) >= 11 is 0. The molecule has 26 heavy (non-hydrogen) atoms. The van der Waals surface area contributed by atoms with Gasteiger partial charge in [0.2, 0.25) is 5.95 Å². The van der Waals surface area contributed by atoms with Gasteiger partial charge in [0.05, 0.1) is 12.2 Å². The number of aromatic nitrogens is 3. The van der Waals surface area contributed by atoms with E-state index in [-0.39, 0.29) is 0 Å². The Labute approximate surface area is 154 Å². The fraction of sp³-hybridized carbons (Fsp3) is 0.444. The van der Waals surface area contributed by atoms with E-state index in [1.165, 1.54) is 6.20 Å². The van der Waals surface area contributed by atoms with E-state index in [0.29, 0.717) is 23.9 Å². The third-order valence-corrected chi connectivity index (χ3v) is 3.54. The minimum atomic E-state index is -0.394. The van der Waals surface area contributed by atoms with Gasteiger partial charge in [0.25, 0.3) is 0 Å². The van der Waals surface area contributed by atoms with Crippen LogP contribution >= 0.6 is 0 Å². The van der Waals surface area contributed by atoms with Crippen molar-refractivity contribution in [1.82, 2.24) is 19.9 Å². The van der Waals surface area contributed by atoms with Crippen LogP contribution in [-0.2, 0) is 4.74 Å². The average Bonchev–Trinajstić information content (AvgIpc) is 2.62. The highest BCUT2D eigenvalue weighted by molar-refractivity contribution is 5.91. The Morgan fingerprint density at radius 1 is 1.19 bits per heavy atom. The number of anilines is 2. The standard InChI is InChI=1S/C18H26N6O2/c1-5-20-18-22-12-15(16(23-18)21-7-8-24(3)4)13-9-14(11-19-10-13)17(25)26-6-2/h9-12H,5-8H2,1-4H3,(H2,20,21,22,23). The molecule has 2 heterocycles. The lowest BCUT2D eigenvalue weighted by Gasteiger charge is -2.15. The van der Waals surface area contributed by atoms with E-state index < -0.39 is 5.97 Å². The number of rotatable bonds is 9. The summed E-state index contributed by atoms with van der Waals surface area (Å²) in [7, 11) is 4.03. The Morgan fingerprint density at radius 3 is 2.69 bits per heavy atom. The van der Waals surface area contributed by atoms with Crippen LogP contribution in [0.4, 0.5) is 11.8 Å². The molecule has 0 spiro atoms. The van der Waals surface area contributed by atoms with Crippen LogP contribution in [0.1, 0.15) is 24.2 Å². The van der Waals surface area contributed by atoms with Crippen molar-refractivity contribution >= 4 is 17.7 Å². The van der Waals surface area contributed by atoms with Crippen LogP contribution < -0.4 is 10.6 Å². The molecule has 0 unspecified atom stereocenters. The molecule has 2 N–H and O–H groups in total. The summed E-state index contributed by atoms with van der Waals surface area (Å²) in [5.74, 6) is 0.855. The van der Waals surface area contributed by atoms with Gasteiger partial charge in [0.15, 0.2) is 0 Å². The molecule has 0 radical (unpaired) electrons. The first-order chi connectivity index (χ1) is 12.5. The molecule has 0 fully saturated rings. The van der Waals surface area contributed by atoms with Gasteiger partial charge < -0.3 is 20.3 Å². The summed E-state index contributed by atoms with van der Waals surface area (Å²) in [6.07, 6.45) is 4.91. The Bertz CT molecular complexity index is 735. The van der Waals surface area contributed by atoms with E-state index in [1.54, 1.807) is 25.4 Å². The van der Waals surface area contributed by atoms with Crippen molar-refractivity contribution in [1.29, 1.82) is 0 Å². The van der Waals surface area contributed by atoms with E-state index in [2.05, 4.69) is 30.5 Å². The van der Waals surface area contributed by atoms with Crippen LogP contribution in [0.15, 0.2) is 24.7 Å². The fourth-order valence-electron chi connectivity index (χ4n) is 2.28. The minimum absolute atomic E-state index is 0.320. The molecule has 0 bridgehead atoms. The highest BCUT2D eigenvalue weighted by Gasteiger charge is 2.13. The van der Waals surface area contributed by atoms with Gasteiger partial charge in [0.1, 0.15) is 5.82 Å². The number of carbonyl (C=O) groups is 1. The second kappa shape index (κ2) is 9.67. The molecule has 0 saturated carbocycles. The van der Waals surface area contributed by atoms with Crippen molar-refractivity contribution in [2.45, 2.75) is 13.8 Å². The lowest BCUT2D eigenvalue weighted by atomic mass is 10.1. The quantitative estimate of drug-likeness (QED) is 0.659. The van der Waals surface area contributed by atoms with Crippen LogP contribution in [0.25, 0.3) is 11.1 Å². The van der Waals surface area contributed by atoms with Gasteiger partial charge >= 0.3 is 5.97 Å². The van der Waals surface area contributed by atoms with E-state index >= 15 is 0 Å². The maximum atomic E-state index is 12.0. The number of carbonyl (C=O) groups excluding carboxylic acids is 1. The summed E-state index contributed by atoms with van der Waals surface area (Å²) in [5, 5.41) is 6.45. The second-order valence-corrected chi connectivity index (χ2v) is 5.90. The number of nitrogens with zero attached hydrogens (tertiary/aromatic N) is 4. The van der Waals surface area contributed by atoms with Gasteiger partial charge in [-0.15, -0.1) is 0 Å². The molecule has 8 nitrogen and oxygen atoms in total. The van der Waals surface area contributed by atoms with Gasteiger partial charge in [-0.3, -0.25) is 4.98 Å². The molecular weight excluding hydrogens is 332 g/mol. The lowest BCUT2D eigenvalue weighted by Crippen LogP contribution is -2.21. The van der Waals surface area contributed by atoms with Crippen LogP contribution in [-0.4, -0.2) is 66.2 Å². The van der Waals surface area contributed by atoms with E-state index in [0.717, 1.165) is 30.8 Å². The number of esters is 1. The highest BCUT2D eigenvalue weighted by atomic mass is 16.5. The SMILES string of the molecule is CCNc1ncc(-c2cncc(C(=O)OCC)c2)c(NCCN(C)C)n1. The van der Waals surface area contributed by atoms with Crippen molar-refractivity contribution < 1.29 is 9.53 Å². The number of pyridine rings is 1. The molecule has 140 valence electrons. The lowest BCUT2D eigenvalue weighted by molar-refractivity contribution is 0.0526. The second-order valence-electron chi connectivity index (χ2n) is 5.90. The minimum Gasteiger partial charge on any atom is -0.462 e. The topological polar surface area (TPSA) is 92.3 Å². The number of ether oxygens (including phenoxy) is 1. The first-order valence-corrected chi connectivity index (χ1v) is 8.67. The maximum Gasteiger partial charge on any atom is 0.339 e. The zero-order chi connectivity index (χ0) is 18.9. The van der Waals surface area contributed by atoms with Crippen LogP contribution in [0.5, 0.6) is 0 Å². The summed E-state index contributed by atoms with van der Waals surface area (Å²) in [5.41, 5.74) is 1.94. The van der Waals surface area contributed by atoms with Crippen LogP contribution in [0.2, 0.25) is 0 Å². The molecule has 0 aromatic carbocycles. The number of hydrogen-bond donors (Lipinski definition) is 2. The van der Waals surface area contributed by atoms with E-state index in [4.69, 9.17) is 4.74 Å². The monoisotopic (exact) mass is 358 g/mol. The summed E-state index contributed by atoms with van der Waals surface area (Å²) in [4.78, 5) is 27.1. The third-order valence-electron chi connectivity index (χ3n) is 3.54. The van der Waals surface area contributed by atoms with Crippen LogP contribution in [0, 0.1) is 0 Å². The Morgan fingerprint density at radius 2 is 2.00 bits per heavy atom. The molecule has 2 aromatic rings. The summed E-state index contributed by atoms with van der Waals surface area (Å²) < 4.78 is 5.05. The average molecular weight is 358 g/mol. The number of hydrogen-bond acceptors (Lipinski definition) is 8. The Balaban J connectivity index is 2.34. The zero-order valence-electron chi connectivity index (χ0n) is 15.7. The molecule has 0 aliphatic carbocycles. The largest absolute Gasteiger partial charge is 0.462 e. The predicted molar refractivity (Wildman–Crippen MR) is 102 cm³/mol. The Hall–Kier alpha value is -2.74. The van der Waals surface area contributed by atoms with Gasteiger partial charge in [-0.05, 0) is 34.0 Å². The zero-order valence-corrected chi connectivity index (χ0v) is 15.7. The highest BCUT2D eigenvalue weighted by Crippen LogP contribution is 2.27. The third kappa shape index (κ3) is 5.38. The van der Waals surface area contributed by atoms with Gasteiger partial charge in [-0.1, -0.05) is 0 Å². The molecule has 0 atom stereocenters. The van der Waals surface area contributed by atoms with Crippen LogP contribution in [0.3, 0.4) is 0 Å². The summed E-state index contributed by atoms with van der Waals surface area (Å²) in [6, 6.07) is 1.74. The van der Waals surface area contributed by atoms with E-state index in [9.17, 15) is 4.79 Å². The van der Waals surface area contributed by atoms with E-state index in [1.807, 2.05) is 21.0 Å². The summed E-state index contributed by atoms with van der Waals surface area (Å²) in [6.45, 7) is 6.41. The van der Waals surface area contributed by atoms with Crippen molar-refractivity contribution in [3.8, 4) is 11.1 Å². The molecule has 8 heteroatoms. The molecule has 0 amide bonds. The fourth-order valence-corrected chi connectivity index (χ4v) is 2.28. The van der Waals surface area contributed by atoms with Crippen molar-refractivity contribution in [3.63, 3.8) is 0 Å². The number of likely N-dealkylation sites (N-methyl/N-ethyl adjacent to an activating group) is 1. The smallest absolute Gasteiger partial charge is 0.339 e. The molecule has 2 rings (SSSR count). The maximum absolute atomic E-state index is 12.0. The van der Waals surface area contributed by atoms with Gasteiger partial charge in [-0.2, -0.15) is 4.98 Å². The van der Waals surface area contributed by atoms with Crippen molar-refractivity contribution in [2.75, 3.05) is 51.0 Å². The normalized spacial score (nSPS) is 10.7. The molecule has 2 aromatic heterocycles. The predicted octanol–water partition coefficient (Wildman–Crippen LogP) is 2.12. The van der Waals surface area contributed by atoms with Gasteiger partial charge in [0, 0.05) is 49.4 Å². The molecule has 0 aliphatic rings. The number of nitrogens with one attached hydrogen (secondary N) is 2. The van der Waals surface area contributed by atoms with Gasteiger partial charge in [-0.25, -0.2) is 9.78 Å². The van der Waals surface area contributed by atoms with Crippen molar-refractivity contribution in [2.24, 2.45) is 0 Å². The molecular formula is C18H26N6O2. The Kier molecular flexibility index (Phi) is 7.28. The molecule has 0 aliphatic heterocycles. The molecule has 0 saturated heterocycles. The first-order valence-electron chi connectivity index (χ1n) is 8.67. The van der Waals surface area contributed by atoms with Crippen molar-refractivity contribution in [3.05, 3.63) is 30.2 Å². The first kappa shape index (κ1) is 19.6.